The molecule has 1 aliphatic heterocycles. The summed E-state index contributed by atoms with van der Waals surface area (Å²) in [4.78, 5) is 12.2. The molecule has 1 heterocycles. The number of fused-ring (bicyclic) bond motifs is 1. The van der Waals surface area contributed by atoms with Crippen LogP contribution in [0, 0.1) is 13.8 Å². The molecule has 3 rings (SSSR count). The quantitative estimate of drug-likeness (QED) is 0.944. The second-order valence-corrected chi connectivity index (χ2v) is 5.78. The average molecular weight is 311 g/mol. The third-order valence-corrected chi connectivity index (χ3v) is 4.07. The first kappa shape index (κ1) is 15.4. The molecule has 1 amide bonds. The molecule has 0 saturated heterocycles. The summed E-state index contributed by atoms with van der Waals surface area (Å²) < 4.78 is 11.1. The van der Waals surface area contributed by atoms with E-state index in [1.807, 2.05) is 50.2 Å². The number of carbonyl (C=O) groups is 1. The number of ether oxygens (including phenoxy) is 2. The third-order valence-electron chi connectivity index (χ3n) is 4.07. The Labute approximate surface area is 136 Å². The molecule has 0 bridgehead atoms. The van der Waals surface area contributed by atoms with E-state index in [9.17, 15) is 4.79 Å². The van der Waals surface area contributed by atoms with Crippen molar-refractivity contribution in [2.24, 2.45) is 0 Å². The van der Waals surface area contributed by atoms with E-state index < -0.39 is 0 Å². The van der Waals surface area contributed by atoms with E-state index in [-0.39, 0.29) is 5.91 Å². The summed E-state index contributed by atoms with van der Waals surface area (Å²) in [6, 6.07) is 11.7. The fraction of sp³-hybridized carbons (Fsp3) is 0.316. The summed E-state index contributed by atoms with van der Waals surface area (Å²) in [5, 5.41) is 2.96. The maximum atomic E-state index is 12.2. The van der Waals surface area contributed by atoms with Gasteiger partial charge < -0.3 is 14.8 Å². The Morgan fingerprint density at radius 1 is 1.00 bits per heavy atom. The lowest BCUT2D eigenvalue weighted by Gasteiger charge is -2.18. The third kappa shape index (κ3) is 3.65. The Kier molecular flexibility index (Phi) is 4.51. The van der Waals surface area contributed by atoms with Crippen LogP contribution >= 0.6 is 0 Å². The van der Waals surface area contributed by atoms with Gasteiger partial charge in [-0.25, -0.2) is 0 Å². The Morgan fingerprint density at radius 3 is 2.57 bits per heavy atom. The minimum atomic E-state index is -0.0364. The molecule has 2 aromatic rings. The molecule has 0 saturated carbocycles. The molecule has 0 atom stereocenters. The molecule has 0 radical (unpaired) electrons. The van der Waals surface area contributed by atoms with Crippen molar-refractivity contribution >= 4 is 5.91 Å². The molecule has 23 heavy (non-hydrogen) atoms. The van der Waals surface area contributed by atoms with Crippen molar-refractivity contribution in [1.82, 2.24) is 5.32 Å². The van der Waals surface area contributed by atoms with Gasteiger partial charge in [0.15, 0.2) is 11.5 Å². The number of amides is 1. The summed E-state index contributed by atoms with van der Waals surface area (Å²) in [6.07, 6.45) is 0.757. The number of aryl methyl sites for hydroxylation is 2. The Balaban J connectivity index is 1.56. The molecule has 0 unspecified atom stereocenters. The fourth-order valence-corrected chi connectivity index (χ4v) is 2.55. The summed E-state index contributed by atoms with van der Waals surface area (Å²) in [5.41, 5.74) is 4.15. The first-order chi connectivity index (χ1) is 11.1. The molecule has 1 N–H and O–H groups in total. The molecule has 2 aromatic carbocycles. The summed E-state index contributed by atoms with van der Waals surface area (Å²) in [5.74, 6) is 1.54. The van der Waals surface area contributed by atoms with E-state index in [0.29, 0.717) is 25.3 Å². The van der Waals surface area contributed by atoms with Gasteiger partial charge in [-0.1, -0.05) is 12.1 Å². The zero-order valence-corrected chi connectivity index (χ0v) is 13.5. The Morgan fingerprint density at radius 2 is 1.78 bits per heavy atom. The van der Waals surface area contributed by atoms with Gasteiger partial charge in [0, 0.05) is 12.1 Å². The van der Waals surface area contributed by atoms with E-state index in [2.05, 4.69) is 5.32 Å². The minimum Gasteiger partial charge on any atom is -0.486 e. The highest BCUT2D eigenvalue weighted by Gasteiger charge is 2.12. The van der Waals surface area contributed by atoms with Crippen LogP contribution < -0.4 is 14.8 Å². The summed E-state index contributed by atoms with van der Waals surface area (Å²) in [7, 11) is 0. The van der Waals surface area contributed by atoms with Gasteiger partial charge in [-0.15, -0.1) is 0 Å². The normalized spacial score (nSPS) is 12.8. The number of hydrogen-bond acceptors (Lipinski definition) is 3. The fourth-order valence-electron chi connectivity index (χ4n) is 2.55. The summed E-state index contributed by atoms with van der Waals surface area (Å²) >= 11 is 0. The van der Waals surface area contributed by atoms with Crippen LogP contribution in [0.5, 0.6) is 11.5 Å². The molecular formula is C19H21NO3. The number of carbonyl (C=O) groups excluding carboxylic acids is 1. The minimum absolute atomic E-state index is 0.0364. The molecule has 4 nitrogen and oxygen atoms in total. The number of rotatable bonds is 4. The number of hydrogen-bond donors (Lipinski definition) is 1. The van der Waals surface area contributed by atoms with Gasteiger partial charge in [0.1, 0.15) is 13.2 Å². The monoisotopic (exact) mass is 311 g/mol. The van der Waals surface area contributed by atoms with Crippen LogP contribution in [0.15, 0.2) is 36.4 Å². The van der Waals surface area contributed by atoms with Gasteiger partial charge in [0.2, 0.25) is 0 Å². The maximum absolute atomic E-state index is 12.2. The van der Waals surface area contributed by atoms with E-state index in [1.165, 1.54) is 5.56 Å². The van der Waals surface area contributed by atoms with Crippen molar-refractivity contribution in [2.75, 3.05) is 19.8 Å². The van der Waals surface area contributed by atoms with Crippen molar-refractivity contribution < 1.29 is 14.3 Å². The highest BCUT2D eigenvalue weighted by Crippen LogP contribution is 2.30. The zero-order valence-electron chi connectivity index (χ0n) is 13.5. The van der Waals surface area contributed by atoms with Gasteiger partial charge in [-0.3, -0.25) is 4.79 Å². The SMILES string of the molecule is Cc1ccc(C(=O)NCCc2ccc3c(c2)OCCO3)cc1C. The van der Waals surface area contributed by atoms with Crippen LogP contribution in [-0.4, -0.2) is 25.7 Å². The van der Waals surface area contributed by atoms with Crippen LogP contribution in [0.4, 0.5) is 0 Å². The van der Waals surface area contributed by atoms with Crippen molar-refractivity contribution in [1.29, 1.82) is 0 Å². The standard InChI is InChI=1S/C19H21NO3/c1-13-3-5-16(11-14(13)2)19(21)20-8-7-15-4-6-17-18(12-15)23-10-9-22-17/h3-6,11-12H,7-10H2,1-2H3,(H,20,21). The molecule has 0 aromatic heterocycles. The van der Waals surface area contributed by atoms with Gasteiger partial charge >= 0.3 is 0 Å². The lowest BCUT2D eigenvalue weighted by Crippen LogP contribution is -2.25. The van der Waals surface area contributed by atoms with E-state index in [4.69, 9.17) is 9.47 Å². The van der Waals surface area contributed by atoms with Gasteiger partial charge in [-0.05, 0) is 61.2 Å². The predicted octanol–water partition coefficient (Wildman–Crippen LogP) is 3.05. The van der Waals surface area contributed by atoms with Crippen LogP contribution in [0.25, 0.3) is 0 Å². The van der Waals surface area contributed by atoms with Crippen LogP contribution in [0.1, 0.15) is 27.0 Å². The molecule has 0 fully saturated rings. The van der Waals surface area contributed by atoms with Crippen molar-refractivity contribution in [2.45, 2.75) is 20.3 Å². The van der Waals surface area contributed by atoms with E-state index >= 15 is 0 Å². The molecular weight excluding hydrogens is 290 g/mol. The van der Waals surface area contributed by atoms with Gasteiger partial charge in [-0.2, -0.15) is 0 Å². The maximum Gasteiger partial charge on any atom is 0.251 e. The topological polar surface area (TPSA) is 47.6 Å². The first-order valence-electron chi connectivity index (χ1n) is 7.87. The lowest BCUT2D eigenvalue weighted by molar-refractivity contribution is 0.0954. The van der Waals surface area contributed by atoms with Crippen LogP contribution in [0.2, 0.25) is 0 Å². The second kappa shape index (κ2) is 6.73. The van der Waals surface area contributed by atoms with E-state index in [1.54, 1.807) is 0 Å². The lowest BCUT2D eigenvalue weighted by atomic mass is 10.1. The molecule has 4 heteroatoms. The molecule has 0 aliphatic carbocycles. The summed E-state index contributed by atoms with van der Waals surface area (Å²) in [6.45, 7) is 5.82. The van der Waals surface area contributed by atoms with Gasteiger partial charge in [0.25, 0.3) is 5.91 Å². The van der Waals surface area contributed by atoms with Crippen LogP contribution in [0.3, 0.4) is 0 Å². The Bertz CT molecular complexity index is 725. The molecule has 0 spiro atoms. The molecule has 120 valence electrons. The largest absolute Gasteiger partial charge is 0.486 e. The zero-order chi connectivity index (χ0) is 16.2. The first-order valence-corrected chi connectivity index (χ1v) is 7.87. The highest BCUT2D eigenvalue weighted by atomic mass is 16.6. The number of nitrogens with one attached hydrogen (secondary N) is 1. The Hall–Kier alpha value is -2.49. The van der Waals surface area contributed by atoms with Gasteiger partial charge in [0.05, 0.1) is 0 Å². The number of benzene rings is 2. The second-order valence-electron chi connectivity index (χ2n) is 5.78. The van der Waals surface area contributed by atoms with Crippen molar-refractivity contribution in [3.8, 4) is 11.5 Å². The van der Waals surface area contributed by atoms with E-state index in [0.717, 1.165) is 29.0 Å². The smallest absolute Gasteiger partial charge is 0.251 e. The van der Waals surface area contributed by atoms with Crippen molar-refractivity contribution in [3.63, 3.8) is 0 Å². The predicted molar refractivity (Wildman–Crippen MR) is 89.4 cm³/mol. The molecule has 1 aliphatic rings. The highest BCUT2D eigenvalue weighted by molar-refractivity contribution is 5.94. The van der Waals surface area contributed by atoms with Crippen molar-refractivity contribution in [3.05, 3.63) is 58.7 Å². The van der Waals surface area contributed by atoms with Crippen LogP contribution in [-0.2, 0) is 6.42 Å². The average Bonchev–Trinajstić information content (AvgIpc) is 2.57.